The van der Waals surface area contributed by atoms with Gasteiger partial charge in [-0.1, -0.05) is 41.3 Å². The third kappa shape index (κ3) is 3.81. The number of carbonyl (C=O) groups is 1. The number of hydrogen-bond donors (Lipinski definition) is 1. The fourth-order valence-electron chi connectivity index (χ4n) is 2.87. The molecule has 4 rings (SSSR count). The van der Waals surface area contributed by atoms with E-state index in [1.807, 2.05) is 35.6 Å². The Labute approximate surface area is 182 Å². The smallest absolute Gasteiger partial charge is 0.242 e. The number of fused-ring (bicyclic) bond motifs is 3. The van der Waals surface area contributed by atoms with E-state index in [-0.39, 0.29) is 16.6 Å². The molecule has 0 aliphatic heterocycles. The summed E-state index contributed by atoms with van der Waals surface area (Å²) in [5, 5.41) is 11.8. The quantitative estimate of drug-likeness (QED) is 0.443. The van der Waals surface area contributed by atoms with Crippen LogP contribution < -0.4 is 5.32 Å². The number of thiazole rings is 1. The number of para-hydroxylation sites is 1. The molecule has 0 spiro atoms. The molecule has 2 aromatic heterocycles. The third-order valence-corrected chi connectivity index (χ3v) is 8.26. The zero-order chi connectivity index (χ0) is 21.5. The average molecular weight is 462 g/mol. The van der Waals surface area contributed by atoms with E-state index in [4.69, 9.17) is 0 Å². The number of carbonyl (C=O) groups excluding carboxylic acids is 1. The Morgan fingerprint density at radius 3 is 2.73 bits per heavy atom. The molecule has 0 saturated carbocycles. The van der Waals surface area contributed by atoms with E-state index in [0.29, 0.717) is 10.8 Å². The maximum Gasteiger partial charge on any atom is 0.242 e. The Morgan fingerprint density at radius 1 is 1.20 bits per heavy atom. The van der Waals surface area contributed by atoms with Crippen LogP contribution in [0.5, 0.6) is 0 Å². The highest BCUT2D eigenvalue weighted by Gasteiger charge is 2.19. The van der Waals surface area contributed by atoms with E-state index < -0.39 is 10.0 Å². The molecule has 1 amide bonds. The SMILES string of the molecule is Cc1ccc(S(=O)(=O)N(C)C)cc1NC(=O)CSc1nnc2sc3ccccc3n12. The van der Waals surface area contributed by atoms with Crippen LogP contribution in [-0.2, 0) is 14.8 Å². The van der Waals surface area contributed by atoms with Gasteiger partial charge in [0.1, 0.15) is 0 Å². The van der Waals surface area contributed by atoms with Gasteiger partial charge in [0.15, 0.2) is 5.16 Å². The number of benzene rings is 2. The Kier molecular flexibility index (Phi) is 5.53. The van der Waals surface area contributed by atoms with Gasteiger partial charge >= 0.3 is 0 Å². The van der Waals surface area contributed by atoms with Crippen molar-refractivity contribution in [1.29, 1.82) is 0 Å². The average Bonchev–Trinajstić information content (AvgIpc) is 3.27. The molecule has 0 saturated heterocycles. The molecule has 0 atom stereocenters. The predicted molar refractivity (Wildman–Crippen MR) is 120 cm³/mol. The summed E-state index contributed by atoms with van der Waals surface area (Å²) in [5.41, 5.74) is 2.25. The third-order valence-electron chi connectivity index (χ3n) is 4.51. The number of sulfonamides is 1. The molecular weight excluding hydrogens is 442 g/mol. The molecule has 0 aliphatic carbocycles. The molecular formula is C19H19N5O3S3. The number of nitrogens with zero attached hydrogens (tertiary/aromatic N) is 4. The lowest BCUT2D eigenvalue weighted by atomic mass is 10.2. The number of rotatable bonds is 6. The Balaban J connectivity index is 1.52. The number of nitrogens with one attached hydrogen (secondary N) is 1. The predicted octanol–water partition coefficient (Wildman–Crippen LogP) is 3.23. The number of anilines is 1. The van der Waals surface area contributed by atoms with Crippen LogP contribution in [-0.4, -0.2) is 53.1 Å². The second-order valence-electron chi connectivity index (χ2n) is 6.77. The zero-order valence-corrected chi connectivity index (χ0v) is 18.9. The molecule has 8 nitrogen and oxygen atoms in total. The molecule has 11 heteroatoms. The van der Waals surface area contributed by atoms with Gasteiger partial charge in [-0.3, -0.25) is 9.20 Å². The van der Waals surface area contributed by atoms with Crippen LogP contribution in [0, 0.1) is 6.92 Å². The van der Waals surface area contributed by atoms with E-state index in [1.54, 1.807) is 17.4 Å². The number of hydrogen-bond acceptors (Lipinski definition) is 7. The summed E-state index contributed by atoms with van der Waals surface area (Å²) in [4.78, 5) is 13.5. The lowest BCUT2D eigenvalue weighted by Gasteiger charge is -2.14. The molecule has 0 radical (unpaired) electrons. The first kappa shape index (κ1) is 20.8. The number of thioether (sulfide) groups is 1. The van der Waals surface area contributed by atoms with Gasteiger partial charge in [-0.15, -0.1) is 10.2 Å². The van der Waals surface area contributed by atoms with E-state index in [9.17, 15) is 13.2 Å². The summed E-state index contributed by atoms with van der Waals surface area (Å²) in [6.07, 6.45) is 0. The van der Waals surface area contributed by atoms with Crippen molar-refractivity contribution < 1.29 is 13.2 Å². The van der Waals surface area contributed by atoms with Gasteiger partial charge < -0.3 is 5.32 Å². The van der Waals surface area contributed by atoms with Crippen LogP contribution in [0.2, 0.25) is 0 Å². The minimum atomic E-state index is -3.58. The maximum absolute atomic E-state index is 12.5. The standard InChI is InChI=1S/C19H19N5O3S3/c1-12-8-9-13(30(26,27)23(2)3)10-14(12)20-17(25)11-28-18-21-22-19-24(18)15-6-4-5-7-16(15)29-19/h4-10H,11H2,1-3H3,(H,20,25). The van der Waals surface area contributed by atoms with Crippen molar-refractivity contribution in [2.75, 3.05) is 25.2 Å². The number of aromatic nitrogens is 3. The van der Waals surface area contributed by atoms with Crippen molar-refractivity contribution in [2.24, 2.45) is 0 Å². The van der Waals surface area contributed by atoms with Gasteiger partial charge in [-0.05, 0) is 36.8 Å². The summed E-state index contributed by atoms with van der Waals surface area (Å²) < 4.78 is 28.9. The van der Waals surface area contributed by atoms with Crippen LogP contribution in [0.15, 0.2) is 52.5 Å². The van der Waals surface area contributed by atoms with E-state index >= 15 is 0 Å². The molecule has 2 aromatic carbocycles. The van der Waals surface area contributed by atoms with Crippen molar-refractivity contribution in [2.45, 2.75) is 17.0 Å². The number of aryl methyl sites for hydroxylation is 1. The van der Waals surface area contributed by atoms with Gasteiger partial charge in [0.25, 0.3) is 0 Å². The first-order valence-electron chi connectivity index (χ1n) is 8.96. The number of amides is 1. The molecule has 0 aliphatic rings. The van der Waals surface area contributed by atoms with Gasteiger partial charge in [0.2, 0.25) is 20.9 Å². The second-order valence-corrected chi connectivity index (χ2v) is 10.9. The molecule has 0 unspecified atom stereocenters. The van der Waals surface area contributed by atoms with Crippen molar-refractivity contribution >= 4 is 59.9 Å². The molecule has 0 bridgehead atoms. The van der Waals surface area contributed by atoms with Gasteiger partial charge in [-0.2, -0.15) is 0 Å². The summed E-state index contributed by atoms with van der Waals surface area (Å²) in [5.74, 6) is -0.131. The highest BCUT2D eigenvalue weighted by Crippen LogP contribution is 2.29. The van der Waals surface area contributed by atoms with Crippen molar-refractivity contribution in [1.82, 2.24) is 18.9 Å². The monoisotopic (exact) mass is 461 g/mol. The molecule has 0 fully saturated rings. The first-order valence-corrected chi connectivity index (χ1v) is 12.2. The van der Waals surface area contributed by atoms with E-state index in [2.05, 4.69) is 15.5 Å². The van der Waals surface area contributed by atoms with Crippen LogP contribution >= 0.6 is 23.1 Å². The summed E-state index contributed by atoms with van der Waals surface area (Å²) >= 11 is 2.82. The minimum Gasteiger partial charge on any atom is -0.325 e. The molecule has 1 N–H and O–H groups in total. The second kappa shape index (κ2) is 7.99. The van der Waals surface area contributed by atoms with Crippen LogP contribution in [0.4, 0.5) is 5.69 Å². The van der Waals surface area contributed by atoms with E-state index in [1.165, 1.54) is 38.0 Å². The zero-order valence-electron chi connectivity index (χ0n) is 16.5. The summed E-state index contributed by atoms with van der Waals surface area (Å²) in [6.45, 7) is 1.81. The first-order chi connectivity index (χ1) is 14.3. The molecule has 4 aromatic rings. The fraction of sp³-hybridized carbons (Fsp3) is 0.211. The largest absolute Gasteiger partial charge is 0.325 e. The minimum absolute atomic E-state index is 0.120. The van der Waals surface area contributed by atoms with Gasteiger partial charge in [0.05, 0.1) is 20.9 Å². The molecule has 2 heterocycles. The normalized spacial score (nSPS) is 12.1. The fourth-order valence-corrected chi connectivity index (χ4v) is 5.57. The maximum atomic E-state index is 12.5. The highest BCUT2D eigenvalue weighted by atomic mass is 32.2. The Morgan fingerprint density at radius 2 is 1.97 bits per heavy atom. The van der Waals surface area contributed by atoms with Gasteiger partial charge in [-0.25, -0.2) is 12.7 Å². The van der Waals surface area contributed by atoms with Crippen molar-refractivity contribution in [3.05, 3.63) is 48.0 Å². The van der Waals surface area contributed by atoms with Gasteiger partial charge in [0, 0.05) is 19.8 Å². The topological polar surface area (TPSA) is 96.7 Å². The lowest BCUT2D eigenvalue weighted by Crippen LogP contribution is -2.22. The van der Waals surface area contributed by atoms with Crippen LogP contribution in [0.25, 0.3) is 15.2 Å². The van der Waals surface area contributed by atoms with Crippen LogP contribution in [0.3, 0.4) is 0 Å². The van der Waals surface area contributed by atoms with Crippen molar-refractivity contribution in [3.8, 4) is 0 Å². The molecule has 30 heavy (non-hydrogen) atoms. The van der Waals surface area contributed by atoms with Crippen LogP contribution in [0.1, 0.15) is 5.56 Å². The summed E-state index contributed by atoms with van der Waals surface area (Å²) in [7, 11) is -0.642. The Hall–Kier alpha value is -2.47. The lowest BCUT2D eigenvalue weighted by molar-refractivity contribution is -0.113. The van der Waals surface area contributed by atoms with E-state index in [0.717, 1.165) is 25.0 Å². The summed E-state index contributed by atoms with van der Waals surface area (Å²) in [6, 6.07) is 12.6. The van der Waals surface area contributed by atoms with Crippen molar-refractivity contribution in [3.63, 3.8) is 0 Å². The highest BCUT2D eigenvalue weighted by molar-refractivity contribution is 7.99. The molecule has 156 valence electrons. The Bertz CT molecular complexity index is 1360.